The topological polar surface area (TPSA) is 113 Å². The fourth-order valence-corrected chi connectivity index (χ4v) is 4.69. The molecular weight excluding hydrogens is 466 g/mol. The average molecular weight is 484 g/mol. The van der Waals surface area contributed by atoms with Crippen LogP contribution in [0.3, 0.4) is 0 Å². The molecule has 0 aliphatic rings. The summed E-state index contributed by atoms with van der Waals surface area (Å²) >= 11 is 1.32. The molecule has 11 heteroatoms. The lowest BCUT2D eigenvalue weighted by atomic mass is 10.2. The van der Waals surface area contributed by atoms with E-state index in [1.165, 1.54) is 11.8 Å². The van der Waals surface area contributed by atoms with E-state index in [1.807, 2.05) is 65.2 Å². The van der Waals surface area contributed by atoms with E-state index in [0.717, 1.165) is 16.6 Å². The number of rotatable bonds is 6. The van der Waals surface area contributed by atoms with Crippen molar-refractivity contribution in [3.05, 3.63) is 78.7 Å². The zero-order valence-electron chi connectivity index (χ0n) is 18.4. The van der Waals surface area contributed by atoms with Crippen molar-refractivity contribution in [1.82, 2.24) is 34.6 Å². The first-order valence-corrected chi connectivity index (χ1v) is 11.6. The Labute approximate surface area is 202 Å². The number of hydrogen-bond acceptors (Lipinski definition) is 9. The molecule has 0 aliphatic carbocycles. The fraction of sp³-hybridized carbons (Fsp3) is 0.0833. The summed E-state index contributed by atoms with van der Waals surface area (Å²) in [6, 6.07) is 21.0. The summed E-state index contributed by atoms with van der Waals surface area (Å²) in [7, 11) is 0. The van der Waals surface area contributed by atoms with Gasteiger partial charge in [-0.1, -0.05) is 41.6 Å². The van der Waals surface area contributed by atoms with Gasteiger partial charge >= 0.3 is 5.97 Å². The van der Waals surface area contributed by atoms with Gasteiger partial charge in [0, 0.05) is 11.1 Å². The van der Waals surface area contributed by atoms with Crippen molar-refractivity contribution in [3.8, 4) is 17.3 Å². The first-order chi connectivity index (χ1) is 17.2. The predicted molar refractivity (Wildman–Crippen MR) is 127 cm³/mol. The van der Waals surface area contributed by atoms with Gasteiger partial charge in [-0.25, -0.2) is 9.78 Å². The molecule has 172 valence electrons. The zero-order chi connectivity index (χ0) is 23.8. The number of hydrogen-bond donors (Lipinski definition) is 0. The van der Waals surface area contributed by atoms with Gasteiger partial charge in [-0.2, -0.15) is 4.52 Å². The van der Waals surface area contributed by atoms with E-state index in [-0.39, 0.29) is 12.3 Å². The van der Waals surface area contributed by atoms with Gasteiger partial charge in [0.05, 0.1) is 18.4 Å². The van der Waals surface area contributed by atoms with Crippen molar-refractivity contribution >= 4 is 34.3 Å². The van der Waals surface area contributed by atoms with E-state index in [0.29, 0.717) is 27.4 Å². The molecule has 2 aromatic carbocycles. The number of esters is 1. The molecule has 6 rings (SSSR count). The normalized spacial score (nSPS) is 11.3. The van der Waals surface area contributed by atoms with Crippen molar-refractivity contribution in [1.29, 1.82) is 0 Å². The monoisotopic (exact) mass is 483 g/mol. The Morgan fingerprint density at radius 3 is 2.63 bits per heavy atom. The molecular formula is C24H17N7O3S. The summed E-state index contributed by atoms with van der Waals surface area (Å²) in [5.41, 5.74) is 1.98. The maximum absolute atomic E-state index is 12.5. The van der Waals surface area contributed by atoms with E-state index in [4.69, 9.17) is 14.1 Å². The van der Waals surface area contributed by atoms with E-state index < -0.39 is 5.97 Å². The van der Waals surface area contributed by atoms with Crippen molar-refractivity contribution in [2.24, 2.45) is 0 Å². The standard InChI is InChI=1S/C24H17N7O3S/c1-2-33-23(32)19-21-25-22(16-11-6-7-12-17(16)31(21)29-26-19)35-24-28-27-20(18-13-8-14-34-18)30(24)15-9-4-3-5-10-15/h3-14H,2H2,1H3. The largest absolute Gasteiger partial charge is 0.461 e. The van der Waals surface area contributed by atoms with Gasteiger partial charge in [-0.15, -0.1) is 15.3 Å². The van der Waals surface area contributed by atoms with Gasteiger partial charge in [-0.05, 0) is 49.0 Å². The molecule has 0 N–H and O–H groups in total. The number of nitrogens with zero attached hydrogens (tertiary/aromatic N) is 7. The number of aromatic nitrogens is 7. The SMILES string of the molecule is CCOC(=O)c1nnn2c1nc(Sc1nnc(-c3ccco3)n1-c1ccccc1)c1ccccc12. The Hall–Kier alpha value is -4.51. The highest BCUT2D eigenvalue weighted by atomic mass is 32.2. The lowest BCUT2D eigenvalue weighted by Crippen LogP contribution is -2.07. The van der Waals surface area contributed by atoms with Crippen LogP contribution in [0.4, 0.5) is 0 Å². The molecule has 6 aromatic rings. The second-order valence-electron chi connectivity index (χ2n) is 7.38. The van der Waals surface area contributed by atoms with Crippen molar-refractivity contribution in [2.75, 3.05) is 6.61 Å². The number of furan rings is 1. The van der Waals surface area contributed by atoms with Gasteiger partial charge in [0.1, 0.15) is 5.03 Å². The molecule has 0 amide bonds. The molecule has 0 radical (unpaired) electrons. The molecule has 0 saturated heterocycles. The molecule has 4 aromatic heterocycles. The Bertz CT molecular complexity index is 1660. The highest BCUT2D eigenvalue weighted by Gasteiger charge is 2.23. The maximum Gasteiger partial charge on any atom is 0.362 e. The second-order valence-corrected chi connectivity index (χ2v) is 8.34. The van der Waals surface area contributed by atoms with Gasteiger partial charge < -0.3 is 9.15 Å². The smallest absolute Gasteiger partial charge is 0.362 e. The first-order valence-electron chi connectivity index (χ1n) is 10.8. The molecule has 35 heavy (non-hydrogen) atoms. The summed E-state index contributed by atoms with van der Waals surface area (Å²) in [6.07, 6.45) is 1.60. The Kier molecular flexibility index (Phi) is 5.23. The number of fused-ring (bicyclic) bond motifs is 3. The zero-order valence-corrected chi connectivity index (χ0v) is 19.2. The van der Waals surface area contributed by atoms with Crippen LogP contribution in [0.2, 0.25) is 0 Å². The first kappa shape index (κ1) is 21.1. The molecule has 0 unspecified atom stereocenters. The molecule has 0 atom stereocenters. The molecule has 4 heterocycles. The Morgan fingerprint density at radius 1 is 1.00 bits per heavy atom. The van der Waals surface area contributed by atoms with Gasteiger partial charge in [0.2, 0.25) is 16.7 Å². The van der Waals surface area contributed by atoms with Crippen LogP contribution in [0.25, 0.3) is 33.8 Å². The molecule has 10 nitrogen and oxygen atoms in total. The van der Waals surface area contributed by atoms with Crippen LogP contribution in [0.1, 0.15) is 17.4 Å². The van der Waals surface area contributed by atoms with Crippen LogP contribution < -0.4 is 0 Å². The van der Waals surface area contributed by atoms with Crippen LogP contribution in [0.5, 0.6) is 0 Å². The lowest BCUT2D eigenvalue weighted by Gasteiger charge is -2.10. The molecule has 0 fully saturated rings. The van der Waals surface area contributed by atoms with Crippen molar-refractivity contribution in [3.63, 3.8) is 0 Å². The average Bonchev–Trinajstić information content (AvgIpc) is 3.64. The number of benzene rings is 2. The van der Waals surface area contributed by atoms with Crippen LogP contribution in [-0.4, -0.2) is 47.2 Å². The second kappa shape index (κ2) is 8.69. The number of carbonyl (C=O) groups excluding carboxylic acids is 1. The summed E-state index contributed by atoms with van der Waals surface area (Å²) in [4.78, 5) is 17.2. The maximum atomic E-state index is 12.5. The third-order valence-electron chi connectivity index (χ3n) is 5.26. The minimum atomic E-state index is -0.575. The number of ether oxygens (including phenoxy) is 1. The highest BCUT2D eigenvalue weighted by molar-refractivity contribution is 7.99. The van der Waals surface area contributed by atoms with Crippen LogP contribution in [-0.2, 0) is 4.74 Å². The lowest BCUT2D eigenvalue weighted by molar-refractivity contribution is 0.0521. The molecule has 0 saturated carbocycles. The Morgan fingerprint density at radius 2 is 1.83 bits per heavy atom. The number of carbonyl (C=O) groups is 1. The van der Waals surface area contributed by atoms with Crippen LogP contribution >= 0.6 is 11.8 Å². The minimum Gasteiger partial charge on any atom is -0.461 e. The third kappa shape index (κ3) is 3.62. The fourth-order valence-electron chi connectivity index (χ4n) is 3.74. The summed E-state index contributed by atoms with van der Waals surface area (Å²) < 4.78 is 14.2. The molecule has 0 bridgehead atoms. The van der Waals surface area contributed by atoms with Crippen molar-refractivity contribution in [2.45, 2.75) is 17.1 Å². The van der Waals surface area contributed by atoms with E-state index in [2.05, 4.69) is 20.5 Å². The van der Waals surface area contributed by atoms with Crippen molar-refractivity contribution < 1.29 is 13.9 Å². The summed E-state index contributed by atoms with van der Waals surface area (Å²) in [5.74, 6) is 0.576. The van der Waals surface area contributed by atoms with E-state index >= 15 is 0 Å². The van der Waals surface area contributed by atoms with E-state index in [1.54, 1.807) is 23.8 Å². The van der Waals surface area contributed by atoms with Gasteiger partial charge in [0.25, 0.3) is 0 Å². The van der Waals surface area contributed by atoms with E-state index in [9.17, 15) is 4.79 Å². The summed E-state index contributed by atoms with van der Waals surface area (Å²) in [6.45, 7) is 1.96. The predicted octanol–water partition coefficient (Wildman–Crippen LogP) is 4.45. The quantitative estimate of drug-likeness (QED) is 0.250. The molecule has 0 spiro atoms. The van der Waals surface area contributed by atoms with Crippen LogP contribution in [0, 0.1) is 0 Å². The minimum absolute atomic E-state index is 0.0558. The molecule has 0 aliphatic heterocycles. The van der Waals surface area contributed by atoms with Gasteiger partial charge in [-0.3, -0.25) is 4.57 Å². The summed E-state index contributed by atoms with van der Waals surface area (Å²) in [5, 5.41) is 19.1. The van der Waals surface area contributed by atoms with Gasteiger partial charge in [0.15, 0.2) is 11.4 Å². The Balaban J connectivity index is 1.54. The third-order valence-corrected chi connectivity index (χ3v) is 6.21. The highest BCUT2D eigenvalue weighted by Crippen LogP contribution is 2.35. The van der Waals surface area contributed by atoms with Crippen LogP contribution in [0.15, 0.2) is 87.6 Å². The number of para-hydroxylation sites is 2.